The summed E-state index contributed by atoms with van der Waals surface area (Å²) < 4.78 is 0. The van der Waals surface area contributed by atoms with Crippen LogP contribution in [-0.2, 0) is 11.2 Å². The quantitative estimate of drug-likeness (QED) is 0.755. The van der Waals surface area contributed by atoms with Crippen LogP contribution in [-0.4, -0.2) is 16.6 Å². The summed E-state index contributed by atoms with van der Waals surface area (Å²) in [6.45, 7) is 10.2. The fourth-order valence-corrected chi connectivity index (χ4v) is 2.72. The molecule has 0 aromatic heterocycles. The van der Waals surface area contributed by atoms with Crippen LogP contribution in [0.15, 0.2) is 24.3 Å². The summed E-state index contributed by atoms with van der Waals surface area (Å²) in [6, 6.07) is 8.51. The molecule has 0 saturated carbocycles. The van der Waals surface area contributed by atoms with Crippen molar-refractivity contribution in [3.63, 3.8) is 0 Å². The number of carbonyl (C=O) groups is 1. The number of nitrogens with one attached hydrogen (secondary N) is 1. The van der Waals surface area contributed by atoms with Crippen molar-refractivity contribution in [2.24, 2.45) is 5.92 Å². The minimum Gasteiger partial charge on any atom is -0.480 e. The third-order valence-electron chi connectivity index (χ3n) is 3.88. The molecule has 1 aromatic carbocycles. The minimum atomic E-state index is -0.870. The zero-order valence-electron chi connectivity index (χ0n) is 13.9. The molecule has 0 spiro atoms. The van der Waals surface area contributed by atoms with Crippen molar-refractivity contribution in [3.8, 4) is 0 Å². The van der Waals surface area contributed by atoms with Gasteiger partial charge in [0.2, 0.25) is 0 Å². The molecule has 2 unspecified atom stereocenters. The van der Waals surface area contributed by atoms with E-state index in [4.69, 9.17) is 0 Å². The molecule has 3 heteroatoms. The van der Waals surface area contributed by atoms with Gasteiger partial charge in [-0.1, -0.05) is 51.5 Å². The van der Waals surface area contributed by atoms with Gasteiger partial charge in [-0.2, -0.15) is 0 Å². The van der Waals surface area contributed by atoms with Crippen molar-refractivity contribution < 1.29 is 9.90 Å². The topological polar surface area (TPSA) is 49.3 Å². The van der Waals surface area contributed by atoms with Crippen molar-refractivity contribution in [1.82, 2.24) is 5.32 Å². The van der Waals surface area contributed by atoms with Crippen LogP contribution >= 0.6 is 0 Å². The van der Waals surface area contributed by atoms with Crippen molar-refractivity contribution in [2.75, 3.05) is 0 Å². The molecule has 0 amide bonds. The number of hydrogen-bond acceptors (Lipinski definition) is 2. The summed E-state index contributed by atoms with van der Waals surface area (Å²) in [7, 11) is 0. The first-order chi connectivity index (χ1) is 9.78. The van der Waals surface area contributed by atoms with Gasteiger partial charge in [-0.25, -0.2) is 0 Å². The van der Waals surface area contributed by atoms with E-state index in [9.17, 15) is 9.90 Å². The monoisotopic (exact) mass is 291 g/mol. The molecule has 0 saturated heterocycles. The van der Waals surface area contributed by atoms with Crippen LogP contribution in [0.4, 0.5) is 0 Å². The molecule has 3 nitrogen and oxygen atoms in total. The van der Waals surface area contributed by atoms with E-state index in [1.165, 1.54) is 5.56 Å². The van der Waals surface area contributed by atoms with Crippen LogP contribution in [0.3, 0.4) is 0 Å². The predicted octanol–water partition coefficient (Wildman–Crippen LogP) is 4.18. The Labute approximate surface area is 128 Å². The van der Waals surface area contributed by atoms with E-state index in [2.05, 4.69) is 43.4 Å². The van der Waals surface area contributed by atoms with Gasteiger partial charge in [-0.3, -0.25) is 10.1 Å². The Balaban J connectivity index is 2.78. The second-order valence-electron chi connectivity index (χ2n) is 6.59. The average Bonchev–Trinajstić information content (AvgIpc) is 2.38. The van der Waals surface area contributed by atoms with E-state index in [1.807, 2.05) is 13.8 Å². The molecule has 0 fully saturated rings. The van der Waals surface area contributed by atoms with Crippen molar-refractivity contribution in [3.05, 3.63) is 35.4 Å². The molecule has 1 rings (SSSR count). The molecular formula is C18H29NO2. The first-order valence-electron chi connectivity index (χ1n) is 7.88. The van der Waals surface area contributed by atoms with Crippen LogP contribution in [0, 0.1) is 5.92 Å². The summed E-state index contributed by atoms with van der Waals surface area (Å²) >= 11 is 0. The average molecular weight is 291 g/mol. The van der Waals surface area contributed by atoms with Gasteiger partial charge in [0, 0.05) is 6.04 Å². The molecule has 0 radical (unpaired) electrons. The van der Waals surface area contributed by atoms with Crippen LogP contribution in [0.5, 0.6) is 0 Å². The van der Waals surface area contributed by atoms with E-state index >= 15 is 0 Å². The Morgan fingerprint density at radius 3 is 2.24 bits per heavy atom. The second-order valence-corrected chi connectivity index (χ2v) is 6.59. The Hall–Kier alpha value is -1.35. The molecular weight excluding hydrogens is 262 g/mol. The molecule has 2 N–H and O–H groups in total. The van der Waals surface area contributed by atoms with Crippen LogP contribution in [0.1, 0.15) is 64.6 Å². The SMILES string of the molecule is CCCC(C)(NC(C)c1ccc(CC(C)C)cc1)C(=O)O. The van der Waals surface area contributed by atoms with E-state index in [-0.39, 0.29) is 6.04 Å². The molecule has 2 atom stereocenters. The zero-order chi connectivity index (χ0) is 16.0. The maximum atomic E-state index is 11.5. The van der Waals surface area contributed by atoms with Gasteiger partial charge in [0.1, 0.15) is 5.54 Å². The summed E-state index contributed by atoms with van der Waals surface area (Å²) in [4.78, 5) is 11.5. The van der Waals surface area contributed by atoms with Gasteiger partial charge < -0.3 is 5.11 Å². The number of hydrogen-bond donors (Lipinski definition) is 2. The van der Waals surface area contributed by atoms with E-state index < -0.39 is 11.5 Å². The number of rotatable bonds is 8. The van der Waals surface area contributed by atoms with Gasteiger partial charge in [-0.05, 0) is 43.7 Å². The lowest BCUT2D eigenvalue weighted by atomic mass is 9.93. The smallest absolute Gasteiger partial charge is 0.323 e. The largest absolute Gasteiger partial charge is 0.480 e. The Morgan fingerprint density at radius 2 is 1.81 bits per heavy atom. The molecule has 118 valence electrons. The molecule has 0 bridgehead atoms. The number of carboxylic acids is 1. The van der Waals surface area contributed by atoms with Crippen LogP contribution in [0.25, 0.3) is 0 Å². The van der Waals surface area contributed by atoms with Crippen molar-refractivity contribution >= 4 is 5.97 Å². The molecule has 1 aromatic rings. The van der Waals surface area contributed by atoms with Crippen molar-refractivity contribution in [1.29, 1.82) is 0 Å². The highest BCUT2D eigenvalue weighted by Gasteiger charge is 2.33. The van der Waals surface area contributed by atoms with E-state index in [0.29, 0.717) is 12.3 Å². The van der Waals surface area contributed by atoms with Gasteiger partial charge in [0.05, 0.1) is 0 Å². The fraction of sp³-hybridized carbons (Fsp3) is 0.611. The lowest BCUT2D eigenvalue weighted by Crippen LogP contribution is -2.50. The number of aliphatic carboxylic acids is 1. The second kappa shape index (κ2) is 7.60. The van der Waals surface area contributed by atoms with Gasteiger partial charge in [0.25, 0.3) is 0 Å². The summed E-state index contributed by atoms with van der Waals surface area (Å²) in [6.07, 6.45) is 2.54. The first kappa shape index (κ1) is 17.7. The molecule has 0 aliphatic heterocycles. The maximum absolute atomic E-state index is 11.5. The highest BCUT2D eigenvalue weighted by Crippen LogP contribution is 2.21. The molecule has 0 heterocycles. The fourth-order valence-electron chi connectivity index (χ4n) is 2.72. The normalized spacial score (nSPS) is 15.7. The molecule has 0 aliphatic rings. The van der Waals surface area contributed by atoms with Gasteiger partial charge in [0.15, 0.2) is 0 Å². The maximum Gasteiger partial charge on any atom is 0.323 e. The van der Waals surface area contributed by atoms with E-state index in [1.54, 1.807) is 6.92 Å². The minimum absolute atomic E-state index is 0.0192. The van der Waals surface area contributed by atoms with Crippen LogP contribution < -0.4 is 5.32 Å². The standard InChI is InChI=1S/C18H29NO2/c1-6-11-18(5,17(20)21)19-14(4)16-9-7-15(8-10-16)12-13(2)3/h7-10,13-14,19H,6,11-12H2,1-5H3,(H,20,21). The zero-order valence-corrected chi connectivity index (χ0v) is 13.9. The summed E-state index contributed by atoms with van der Waals surface area (Å²) in [5.74, 6) is -0.140. The highest BCUT2D eigenvalue weighted by molar-refractivity contribution is 5.78. The van der Waals surface area contributed by atoms with Crippen LogP contribution in [0.2, 0.25) is 0 Å². The lowest BCUT2D eigenvalue weighted by Gasteiger charge is -2.30. The third-order valence-corrected chi connectivity index (χ3v) is 3.88. The van der Waals surface area contributed by atoms with Gasteiger partial charge >= 0.3 is 5.97 Å². The number of carboxylic acid groups (broad SMARTS) is 1. The molecule has 21 heavy (non-hydrogen) atoms. The van der Waals surface area contributed by atoms with Crippen molar-refractivity contribution in [2.45, 2.75) is 65.5 Å². The third kappa shape index (κ3) is 5.16. The van der Waals surface area contributed by atoms with Gasteiger partial charge in [-0.15, -0.1) is 0 Å². The summed E-state index contributed by atoms with van der Waals surface area (Å²) in [5, 5.41) is 12.7. The highest BCUT2D eigenvalue weighted by atomic mass is 16.4. The Morgan fingerprint density at radius 1 is 1.24 bits per heavy atom. The number of benzene rings is 1. The predicted molar refractivity (Wildman–Crippen MR) is 87.5 cm³/mol. The Bertz CT molecular complexity index is 453. The van der Waals surface area contributed by atoms with E-state index in [0.717, 1.165) is 18.4 Å². The lowest BCUT2D eigenvalue weighted by molar-refractivity contribution is -0.144. The summed E-state index contributed by atoms with van der Waals surface area (Å²) in [5.41, 5.74) is 1.59. The first-order valence-corrected chi connectivity index (χ1v) is 7.88. The molecule has 0 aliphatic carbocycles. The Kier molecular flexibility index (Phi) is 6.41.